The molecule has 0 saturated heterocycles. The third-order valence-electron chi connectivity index (χ3n) is 3.04. The lowest BCUT2D eigenvalue weighted by molar-refractivity contribution is 0.268. The summed E-state index contributed by atoms with van der Waals surface area (Å²) in [5.74, 6) is 0.952. The molecule has 0 amide bonds. The van der Waals surface area contributed by atoms with E-state index < -0.39 is 0 Å². The molecule has 0 saturated carbocycles. The van der Waals surface area contributed by atoms with Crippen LogP contribution in [0.15, 0.2) is 40.2 Å². The smallest absolute Gasteiger partial charge is 0.123 e. The Morgan fingerprint density at radius 2 is 2.11 bits per heavy atom. The molecule has 0 radical (unpaired) electrons. The largest absolute Gasteiger partial charge is 0.496 e. The molecule has 2 aromatic rings. The quantitative estimate of drug-likeness (QED) is 0.765. The number of hydrogen-bond donors (Lipinski definition) is 0. The predicted octanol–water partition coefficient (Wildman–Crippen LogP) is 4.54. The van der Waals surface area contributed by atoms with E-state index in [1.165, 1.54) is 10.4 Å². The number of methoxy groups -OCH3 is 1. The van der Waals surface area contributed by atoms with E-state index in [1.54, 1.807) is 7.11 Å². The Morgan fingerprint density at radius 3 is 2.74 bits per heavy atom. The molecule has 102 valence electrons. The van der Waals surface area contributed by atoms with Crippen molar-refractivity contribution in [3.63, 3.8) is 0 Å². The lowest BCUT2D eigenvalue weighted by Crippen LogP contribution is -2.22. The van der Waals surface area contributed by atoms with E-state index in [9.17, 15) is 0 Å². The van der Waals surface area contributed by atoms with Crippen LogP contribution in [-0.4, -0.2) is 18.6 Å². The molecule has 4 heteroatoms. The van der Waals surface area contributed by atoms with Gasteiger partial charge in [0.25, 0.3) is 0 Å². The third-order valence-corrected chi connectivity index (χ3v) is 4.40. The fourth-order valence-corrected chi connectivity index (χ4v) is 3.17. The number of benzene rings is 1. The maximum absolute atomic E-state index is 5.44. The van der Waals surface area contributed by atoms with Crippen molar-refractivity contribution in [1.29, 1.82) is 0 Å². The highest BCUT2D eigenvalue weighted by Crippen LogP contribution is 2.25. The highest BCUT2D eigenvalue weighted by Gasteiger charge is 2.10. The molecule has 0 N–H and O–H groups in total. The van der Waals surface area contributed by atoms with Crippen LogP contribution in [0.1, 0.15) is 17.4 Å². The standard InChI is InChI=1S/C15H18BrNOS/c1-3-17(11-14-5-4-8-19-14)10-12-9-13(16)6-7-15(12)18-2/h4-9H,3,10-11H2,1-2H3. The molecule has 2 nitrogen and oxygen atoms in total. The van der Waals surface area contributed by atoms with Gasteiger partial charge in [0.1, 0.15) is 5.75 Å². The van der Waals surface area contributed by atoms with Crippen molar-refractivity contribution < 1.29 is 4.74 Å². The zero-order chi connectivity index (χ0) is 13.7. The molecule has 0 aliphatic rings. The predicted molar refractivity (Wildman–Crippen MR) is 84.8 cm³/mol. The summed E-state index contributed by atoms with van der Waals surface area (Å²) < 4.78 is 6.53. The van der Waals surface area contributed by atoms with Gasteiger partial charge >= 0.3 is 0 Å². The van der Waals surface area contributed by atoms with Crippen molar-refractivity contribution in [3.05, 3.63) is 50.6 Å². The van der Waals surface area contributed by atoms with Crippen molar-refractivity contribution in [3.8, 4) is 5.75 Å². The summed E-state index contributed by atoms with van der Waals surface area (Å²) >= 11 is 5.33. The summed E-state index contributed by atoms with van der Waals surface area (Å²) in [5.41, 5.74) is 1.22. The minimum Gasteiger partial charge on any atom is -0.496 e. The van der Waals surface area contributed by atoms with E-state index in [0.29, 0.717) is 0 Å². The van der Waals surface area contributed by atoms with E-state index in [1.807, 2.05) is 23.5 Å². The van der Waals surface area contributed by atoms with E-state index in [2.05, 4.69) is 51.3 Å². The second-order valence-corrected chi connectivity index (χ2v) is 6.29. The molecule has 0 fully saturated rings. The van der Waals surface area contributed by atoms with E-state index >= 15 is 0 Å². The molecular formula is C15H18BrNOS. The van der Waals surface area contributed by atoms with E-state index in [0.717, 1.165) is 29.9 Å². The van der Waals surface area contributed by atoms with Crippen LogP contribution in [0.2, 0.25) is 0 Å². The molecule has 1 aromatic heterocycles. The van der Waals surface area contributed by atoms with E-state index in [-0.39, 0.29) is 0 Å². The average Bonchev–Trinajstić information content (AvgIpc) is 2.91. The fourth-order valence-electron chi connectivity index (χ4n) is 2.01. The molecule has 0 aliphatic carbocycles. The molecule has 1 heterocycles. The van der Waals surface area contributed by atoms with Crippen molar-refractivity contribution in [2.24, 2.45) is 0 Å². The van der Waals surface area contributed by atoms with Crippen molar-refractivity contribution in [2.45, 2.75) is 20.0 Å². The molecule has 0 unspecified atom stereocenters. The maximum atomic E-state index is 5.44. The number of hydrogen-bond acceptors (Lipinski definition) is 3. The molecule has 0 spiro atoms. The first-order chi connectivity index (χ1) is 9.22. The summed E-state index contributed by atoms with van der Waals surface area (Å²) in [6.07, 6.45) is 0. The lowest BCUT2D eigenvalue weighted by atomic mass is 10.2. The Labute approximate surface area is 127 Å². The Hall–Kier alpha value is -0.840. The Morgan fingerprint density at radius 1 is 1.26 bits per heavy atom. The first-order valence-corrected chi connectivity index (χ1v) is 7.97. The van der Waals surface area contributed by atoms with Gasteiger partial charge in [0.05, 0.1) is 7.11 Å². The van der Waals surface area contributed by atoms with Gasteiger partial charge in [0.2, 0.25) is 0 Å². The van der Waals surface area contributed by atoms with Gasteiger partial charge in [0, 0.05) is 28.0 Å². The molecule has 19 heavy (non-hydrogen) atoms. The second kappa shape index (κ2) is 7.08. The van der Waals surface area contributed by atoms with Crippen LogP contribution in [0.4, 0.5) is 0 Å². The third kappa shape index (κ3) is 4.06. The monoisotopic (exact) mass is 339 g/mol. The number of rotatable bonds is 6. The van der Waals surface area contributed by atoms with Gasteiger partial charge in [0.15, 0.2) is 0 Å². The van der Waals surface area contributed by atoms with Crippen LogP contribution in [0, 0.1) is 0 Å². The number of ether oxygens (including phenoxy) is 1. The van der Waals surface area contributed by atoms with Crippen LogP contribution in [-0.2, 0) is 13.1 Å². The van der Waals surface area contributed by atoms with Crippen LogP contribution in [0.25, 0.3) is 0 Å². The first kappa shape index (κ1) is 14.6. The summed E-state index contributed by atoms with van der Waals surface area (Å²) in [6, 6.07) is 10.4. The van der Waals surface area contributed by atoms with Gasteiger partial charge < -0.3 is 4.74 Å². The summed E-state index contributed by atoms with van der Waals surface area (Å²) in [5, 5.41) is 2.13. The minimum atomic E-state index is 0.900. The van der Waals surface area contributed by atoms with E-state index in [4.69, 9.17) is 4.74 Å². The van der Waals surface area contributed by atoms with Crippen molar-refractivity contribution in [1.82, 2.24) is 4.90 Å². The summed E-state index contributed by atoms with van der Waals surface area (Å²) in [7, 11) is 1.72. The second-order valence-electron chi connectivity index (χ2n) is 4.34. The van der Waals surface area contributed by atoms with Crippen LogP contribution >= 0.6 is 27.3 Å². The first-order valence-electron chi connectivity index (χ1n) is 6.30. The molecule has 0 aliphatic heterocycles. The molecular weight excluding hydrogens is 322 g/mol. The number of nitrogens with zero attached hydrogens (tertiary/aromatic N) is 1. The maximum Gasteiger partial charge on any atom is 0.123 e. The number of halogens is 1. The lowest BCUT2D eigenvalue weighted by Gasteiger charge is -2.21. The topological polar surface area (TPSA) is 12.5 Å². The normalized spacial score (nSPS) is 10.9. The molecule has 2 rings (SSSR count). The Balaban J connectivity index is 2.11. The number of thiophene rings is 1. The molecule has 0 atom stereocenters. The van der Waals surface area contributed by atoms with Crippen LogP contribution < -0.4 is 4.74 Å². The summed E-state index contributed by atoms with van der Waals surface area (Å²) in [4.78, 5) is 3.81. The van der Waals surface area contributed by atoms with Gasteiger partial charge in [-0.15, -0.1) is 11.3 Å². The van der Waals surface area contributed by atoms with Crippen LogP contribution in [0.3, 0.4) is 0 Å². The molecule has 1 aromatic carbocycles. The van der Waals surface area contributed by atoms with Gasteiger partial charge in [-0.05, 0) is 36.2 Å². The average molecular weight is 340 g/mol. The van der Waals surface area contributed by atoms with Crippen molar-refractivity contribution in [2.75, 3.05) is 13.7 Å². The summed E-state index contributed by atoms with van der Waals surface area (Å²) in [6.45, 7) is 5.10. The van der Waals surface area contributed by atoms with Gasteiger partial charge in [-0.3, -0.25) is 4.90 Å². The van der Waals surface area contributed by atoms with Gasteiger partial charge in [-0.25, -0.2) is 0 Å². The Bertz CT molecular complexity index is 513. The molecule has 0 bridgehead atoms. The zero-order valence-corrected chi connectivity index (χ0v) is 13.6. The minimum absolute atomic E-state index is 0.900. The Kier molecular flexibility index (Phi) is 5.43. The zero-order valence-electron chi connectivity index (χ0n) is 11.2. The van der Waals surface area contributed by atoms with Crippen molar-refractivity contribution >= 4 is 27.3 Å². The van der Waals surface area contributed by atoms with Gasteiger partial charge in [-0.1, -0.05) is 28.9 Å². The SMILES string of the molecule is CCN(Cc1cccs1)Cc1cc(Br)ccc1OC. The van der Waals surface area contributed by atoms with Gasteiger partial charge in [-0.2, -0.15) is 0 Å². The fraction of sp³-hybridized carbons (Fsp3) is 0.333. The highest BCUT2D eigenvalue weighted by atomic mass is 79.9. The van der Waals surface area contributed by atoms with Crippen LogP contribution in [0.5, 0.6) is 5.75 Å². The highest BCUT2D eigenvalue weighted by molar-refractivity contribution is 9.10.